The summed E-state index contributed by atoms with van der Waals surface area (Å²) in [5.41, 5.74) is 2.12. The molecule has 0 saturated carbocycles. The van der Waals surface area contributed by atoms with Crippen molar-refractivity contribution >= 4 is 18.3 Å². The third kappa shape index (κ3) is 3.84. The van der Waals surface area contributed by atoms with Crippen LogP contribution in [-0.4, -0.2) is 41.5 Å². The van der Waals surface area contributed by atoms with Gasteiger partial charge in [-0.2, -0.15) is 0 Å². The molecule has 7 nitrogen and oxygen atoms in total. The monoisotopic (exact) mass is 267 g/mol. The molecule has 0 aliphatic carbocycles. The Hall–Kier alpha value is -2.31. The number of hydrogen-bond acceptors (Lipinski definition) is 3. The normalized spacial score (nSPS) is 10.0. The number of aldehydes is 1. The fourth-order valence-electron chi connectivity index (χ4n) is 1.81. The predicted octanol–water partition coefficient (Wildman–Crippen LogP) is 0.832. The van der Waals surface area contributed by atoms with Crippen molar-refractivity contribution in [3.05, 3.63) is 22.5 Å². The van der Waals surface area contributed by atoms with Crippen LogP contribution >= 0.6 is 0 Å². The first-order chi connectivity index (χ1) is 8.97. The molecular weight excluding hydrogens is 250 g/mol. The Morgan fingerprint density at radius 1 is 1.26 bits per heavy atom. The van der Waals surface area contributed by atoms with E-state index < -0.39 is 6.09 Å². The number of carbonyl (C=O) groups excluding carboxylic acids is 2. The van der Waals surface area contributed by atoms with E-state index in [1.165, 1.54) is 0 Å². The van der Waals surface area contributed by atoms with Gasteiger partial charge in [-0.3, -0.25) is 9.59 Å². The van der Waals surface area contributed by atoms with E-state index in [2.05, 4.69) is 15.6 Å². The molecule has 104 valence electrons. The molecule has 0 spiro atoms. The van der Waals surface area contributed by atoms with Crippen molar-refractivity contribution in [1.29, 1.82) is 0 Å². The Kier molecular flexibility index (Phi) is 5.11. The van der Waals surface area contributed by atoms with Gasteiger partial charge in [-0.25, -0.2) is 4.79 Å². The Labute approximate surface area is 110 Å². The molecule has 0 aromatic carbocycles. The van der Waals surface area contributed by atoms with Crippen LogP contribution in [0.15, 0.2) is 0 Å². The molecule has 0 unspecified atom stereocenters. The van der Waals surface area contributed by atoms with E-state index >= 15 is 0 Å². The van der Waals surface area contributed by atoms with E-state index in [9.17, 15) is 14.4 Å². The zero-order valence-corrected chi connectivity index (χ0v) is 10.9. The molecule has 0 bridgehead atoms. The zero-order valence-electron chi connectivity index (χ0n) is 10.9. The Morgan fingerprint density at radius 3 is 2.42 bits per heavy atom. The summed E-state index contributed by atoms with van der Waals surface area (Å²) in [5.74, 6) is -0.269. The molecule has 0 fully saturated rings. The van der Waals surface area contributed by atoms with Crippen molar-refractivity contribution in [1.82, 2.24) is 15.6 Å². The summed E-state index contributed by atoms with van der Waals surface area (Å²) >= 11 is 0. The summed E-state index contributed by atoms with van der Waals surface area (Å²) < 4.78 is 0. The molecule has 0 radical (unpaired) electrons. The number of carbonyl (C=O) groups is 3. The Balaban J connectivity index is 2.52. The highest BCUT2D eigenvalue weighted by Crippen LogP contribution is 2.16. The maximum Gasteiger partial charge on any atom is 0.404 e. The molecule has 2 amide bonds. The van der Waals surface area contributed by atoms with E-state index in [0.29, 0.717) is 41.8 Å². The van der Waals surface area contributed by atoms with Gasteiger partial charge in [0.25, 0.3) is 5.91 Å². The molecule has 0 saturated heterocycles. The molecule has 19 heavy (non-hydrogen) atoms. The molecule has 7 heteroatoms. The van der Waals surface area contributed by atoms with Gasteiger partial charge < -0.3 is 20.7 Å². The maximum atomic E-state index is 11.9. The van der Waals surface area contributed by atoms with Crippen LogP contribution in [0.2, 0.25) is 0 Å². The smallest absolute Gasteiger partial charge is 0.404 e. The molecular formula is C12H17N3O4. The number of aromatic amines is 1. The third-order valence-corrected chi connectivity index (χ3v) is 2.74. The summed E-state index contributed by atoms with van der Waals surface area (Å²) in [7, 11) is 0. The number of carboxylic acid groups (broad SMARTS) is 1. The average Bonchev–Trinajstić information content (AvgIpc) is 2.63. The lowest BCUT2D eigenvalue weighted by Gasteiger charge is -2.06. The van der Waals surface area contributed by atoms with Crippen LogP contribution in [-0.2, 0) is 0 Å². The highest BCUT2D eigenvalue weighted by atomic mass is 16.4. The average molecular weight is 267 g/mol. The van der Waals surface area contributed by atoms with Crippen LogP contribution in [0.5, 0.6) is 0 Å². The summed E-state index contributed by atoms with van der Waals surface area (Å²) in [5, 5.41) is 13.3. The number of amides is 2. The number of nitrogens with one attached hydrogen (secondary N) is 3. The van der Waals surface area contributed by atoms with Crippen molar-refractivity contribution in [2.75, 3.05) is 13.1 Å². The molecule has 1 aromatic heterocycles. The lowest BCUT2D eigenvalue weighted by atomic mass is 10.1. The number of hydrogen-bond donors (Lipinski definition) is 4. The molecule has 4 N–H and O–H groups in total. The second-order valence-electron chi connectivity index (χ2n) is 4.12. The van der Waals surface area contributed by atoms with Crippen molar-refractivity contribution < 1.29 is 19.5 Å². The lowest BCUT2D eigenvalue weighted by Crippen LogP contribution is -2.29. The predicted molar refractivity (Wildman–Crippen MR) is 68.6 cm³/mol. The molecule has 0 aliphatic heterocycles. The SMILES string of the molecule is Cc1[nH]c(C=O)c(C)c1C(=O)NCCCNC(=O)O. The minimum Gasteiger partial charge on any atom is -0.465 e. The van der Waals surface area contributed by atoms with Gasteiger partial charge in [-0.1, -0.05) is 0 Å². The van der Waals surface area contributed by atoms with Crippen LogP contribution in [0, 0.1) is 13.8 Å². The highest BCUT2D eigenvalue weighted by Gasteiger charge is 2.17. The maximum absolute atomic E-state index is 11.9. The van der Waals surface area contributed by atoms with Crippen LogP contribution < -0.4 is 10.6 Å². The first-order valence-corrected chi connectivity index (χ1v) is 5.86. The van der Waals surface area contributed by atoms with E-state index in [1.807, 2.05) is 0 Å². The molecule has 1 rings (SSSR count). The van der Waals surface area contributed by atoms with Gasteiger partial charge in [0.1, 0.15) is 0 Å². The van der Waals surface area contributed by atoms with E-state index in [1.54, 1.807) is 13.8 Å². The molecule has 0 atom stereocenters. The number of H-pyrrole nitrogens is 1. The van der Waals surface area contributed by atoms with E-state index in [0.717, 1.165) is 0 Å². The van der Waals surface area contributed by atoms with Crippen LogP contribution in [0.4, 0.5) is 4.79 Å². The molecule has 1 heterocycles. The Morgan fingerprint density at radius 2 is 1.89 bits per heavy atom. The minimum atomic E-state index is -1.08. The van der Waals surface area contributed by atoms with Gasteiger partial charge in [0, 0.05) is 18.8 Å². The van der Waals surface area contributed by atoms with Gasteiger partial charge >= 0.3 is 6.09 Å². The fraction of sp³-hybridized carbons (Fsp3) is 0.417. The minimum absolute atomic E-state index is 0.269. The summed E-state index contributed by atoms with van der Waals surface area (Å²) in [6, 6.07) is 0. The fourth-order valence-corrected chi connectivity index (χ4v) is 1.81. The summed E-state index contributed by atoms with van der Waals surface area (Å²) in [6.45, 7) is 4.06. The van der Waals surface area contributed by atoms with Gasteiger partial charge in [-0.05, 0) is 25.8 Å². The van der Waals surface area contributed by atoms with Gasteiger partial charge in [0.2, 0.25) is 0 Å². The van der Waals surface area contributed by atoms with Crippen molar-refractivity contribution in [2.45, 2.75) is 20.3 Å². The van der Waals surface area contributed by atoms with Crippen molar-refractivity contribution in [3.8, 4) is 0 Å². The first kappa shape index (κ1) is 14.7. The molecule has 1 aromatic rings. The van der Waals surface area contributed by atoms with Crippen LogP contribution in [0.1, 0.15) is 38.5 Å². The van der Waals surface area contributed by atoms with Crippen molar-refractivity contribution in [3.63, 3.8) is 0 Å². The second kappa shape index (κ2) is 6.58. The quantitative estimate of drug-likeness (QED) is 0.452. The second-order valence-corrected chi connectivity index (χ2v) is 4.12. The Bertz CT molecular complexity index is 493. The van der Waals surface area contributed by atoms with E-state index in [-0.39, 0.29) is 12.5 Å². The van der Waals surface area contributed by atoms with Crippen LogP contribution in [0.25, 0.3) is 0 Å². The van der Waals surface area contributed by atoms with Crippen LogP contribution in [0.3, 0.4) is 0 Å². The number of aryl methyl sites for hydroxylation is 1. The summed E-state index contributed by atoms with van der Waals surface area (Å²) in [4.78, 5) is 35.7. The topological polar surface area (TPSA) is 111 Å². The standard InChI is InChI=1S/C12H17N3O4/c1-7-9(6-16)15-8(2)10(7)11(17)13-4-3-5-14-12(18)19/h6,14-15H,3-5H2,1-2H3,(H,13,17)(H,18,19). The van der Waals surface area contributed by atoms with Gasteiger partial charge in [0.15, 0.2) is 6.29 Å². The summed E-state index contributed by atoms with van der Waals surface area (Å²) in [6.07, 6.45) is 0.0936. The lowest BCUT2D eigenvalue weighted by molar-refractivity contribution is 0.0952. The number of rotatable bonds is 6. The molecule has 0 aliphatic rings. The highest BCUT2D eigenvalue weighted by molar-refractivity contribution is 5.99. The zero-order chi connectivity index (χ0) is 14.4. The number of aromatic nitrogens is 1. The van der Waals surface area contributed by atoms with Gasteiger partial charge in [-0.15, -0.1) is 0 Å². The van der Waals surface area contributed by atoms with Gasteiger partial charge in [0.05, 0.1) is 11.3 Å². The largest absolute Gasteiger partial charge is 0.465 e. The van der Waals surface area contributed by atoms with Crippen molar-refractivity contribution in [2.24, 2.45) is 0 Å². The first-order valence-electron chi connectivity index (χ1n) is 5.86. The van der Waals surface area contributed by atoms with E-state index in [4.69, 9.17) is 5.11 Å². The third-order valence-electron chi connectivity index (χ3n) is 2.74.